The van der Waals surface area contributed by atoms with Crippen LogP contribution in [0.1, 0.15) is 18.4 Å². The summed E-state index contributed by atoms with van der Waals surface area (Å²) in [6.45, 7) is 0.220. The van der Waals surface area contributed by atoms with E-state index in [-0.39, 0.29) is 18.0 Å². The Labute approximate surface area is 143 Å². The van der Waals surface area contributed by atoms with Gasteiger partial charge in [0, 0.05) is 26.2 Å². The Bertz CT molecular complexity index is 748. The maximum Gasteiger partial charge on any atom is 0.314 e. The molecule has 1 aromatic rings. The number of carbonyl (C=O) groups excluding carboxylic acids is 3. The van der Waals surface area contributed by atoms with Gasteiger partial charge in [0.25, 0.3) is 0 Å². The normalized spacial score (nSPS) is 16.3. The Hall–Kier alpha value is -2.95. The third-order valence-electron chi connectivity index (χ3n) is 3.88. The van der Waals surface area contributed by atoms with E-state index in [1.54, 1.807) is 14.1 Å². The van der Waals surface area contributed by atoms with Gasteiger partial charge >= 0.3 is 11.8 Å². The molecule has 8 heteroatoms. The van der Waals surface area contributed by atoms with E-state index in [2.05, 4.69) is 5.92 Å². The highest BCUT2D eigenvalue weighted by atomic mass is 19.1. The maximum atomic E-state index is 13.9. The molecule has 0 bridgehead atoms. The number of benzene rings is 1. The Morgan fingerprint density at radius 1 is 1.28 bits per heavy atom. The lowest BCUT2D eigenvalue weighted by molar-refractivity contribution is -0.147. The number of likely N-dealkylation sites (N-methyl/N-ethyl adjacent to an activating group) is 1. The third kappa shape index (κ3) is 3.76. The van der Waals surface area contributed by atoms with E-state index >= 15 is 0 Å². The molecule has 0 aliphatic carbocycles. The van der Waals surface area contributed by atoms with Crippen molar-refractivity contribution in [1.82, 2.24) is 9.80 Å². The minimum Gasteiger partial charge on any atom is -0.347 e. The largest absolute Gasteiger partial charge is 0.347 e. The molecule has 1 aliphatic heterocycles. The second-order valence-corrected chi connectivity index (χ2v) is 5.80. The van der Waals surface area contributed by atoms with Crippen LogP contribution in [0.4, 0.5) is 14.5 Å². The second-order valence-electron chi connectivity index (χ2n) is 5.80. The SMILES string of the molecule is C#Cc1cc(F)c(NC(=O)C(=O)N2CCC[C@@H]2C(=O)N(C)C)c(F)c1. The summed E-state index contributed by atoms with van der Waals surface area (Å²) in [7, 11) is 3.09. The lowest BCUT2D eigenvalue weighted by Crippen LogP contribution is -2.49. The van der Waals surface area contributed by atoms with Gasteiger partial charge in [-0.05, 0) is 25.0 Å². The van der Waals surface area contributed by atoms with Crippen molar-refractivity contribution in [3.63, 3.8) is 0 Å². The van der Waals surface area contributed by atoms with Crippen LogP contribution in [0.5, 0.6) is 0 Å². The molecule has 0 unspecified atom stereocenters. The standard InChI is InChI=1S/C17H17F2N3O3/c1-4-10-8-11(18)14(12(19)9-10)20-15(23)17(25)22-7-5-6-13(22)16(24)21(2)3/h1,8-9,13H,5-7H2,2-3H3,(H,20,23)/t13-/m1/s1. The number of carbonyl (C=O) groups is 3. The Morgan fingerprint density at radius 3 is 2.40 bits per heavy atom. The highest BCUT2D eigenvalue weighted by Crippen LogP contribution is 2.22. The van der Waals surface area contributed by atoms with E-state index in [1.165, 1.54) is 4.90 Å². The first kappa shape index (κ1) is 18.4. The van der Waals surface area contributed by atoms with Gasteiger partial charge in [-0.1, -0.05) is 5.92 Å². The van der Waals surface area contributed by atoms with E-state index in [9.17, 15) is 23.2 Å². The van der Waals surface area contributed by atoms with Gasteiger partial charge in [0.15, 0.2) is 11.6 Å². The molecular weight excluding hydrogens is 332 g/mol. The van der Waals surface area contributed by atoms with Crippen LogP contribution in [0.2, 0.25) is 0 Å². The summed E-state index contributed by atoms with van der Waals surface area (Å²) < 4.78 is 27.7. The van der Waals surface area contributed by atoms with Crippen LogP contribution >= 0.6 is 0 Å². The van der Waals surface area contributed by atoms with Crippen molar-refractivity contribution < 1.29 is 23.2 Å². The first-order valence-electron chi connectivity index (χ1n) is 7.55. The van der Waals surface area contributed by atoms with Crippen LogP contribution in [-0.2, 0) is 14.4 Å². The van der Waals surface area contributed by atoms with Gasteiger partial charge < -0.3 is 15.1 Å². The number of amides is 3. The average Bonchev–Trinajstić information content (AvgIpc) is 3.05. The fourth-order valence-electron chi connectivity index (χ4n) is 2.64. The van der Waals surface area contributed by atoms with Crippen molar-refractivity contribution in [3.8, 4) is 12.3 Å². The zero-order chi connectivity index (χ0) is 18.7. The number of halogens is 2. The first-order chi connectivity index (χ1) is 11.8. The highest BCUT2D eigenvalue weighted by Gasteiger charge is 2.37. The number of nitrogens with one attached hydrogen (secondary N) is 1. The predicted molar refractivity (Wildman–Crippen MR) is 86.4 cm³/mol. The molecule has 0 radical (unpaired) electrons. The topological polar surface area (TPSA) is 69.7 Å². The van der Waals surface area contributed by atoms with E-state index < -0.39 is 35.2 Å². The fraction of sp³-hybridized carbons (Fsp3) is 0.353. The molecule has 1 fully saturated rings. The smallest absolute Gasteiger partial charge is 0.314 e. The van der Waals surface area contributed by atoms with Crippen molar-refractivity contribution in [2.75, 3.05) is 26.0 Å². The van der Waals surface area contributed by atoms with Crippen LogP contribution in [0.15, 0.2) is 12.1 Å². The van der Waals surface area contributed by atoms with Gasteiger partial charge in [-0.3, -0.25) is 14.4 Å². The van der Waals surface area contributed by atoms with E-state index in [1.807, 2.05) is 5.32 Å². The third-order valence-corrected chi connectivity index (χ3v) is 3.88. The molecule has 1 aromatic carbocycles. The number of likely N-dealkylation sites (tertiary alicyclic amines) is 1. The zero-order valence-corrected chi connectivity index (χ0v) is 13.8. The first-order valence-corrected chi connectivity index (χ1v) is 7.55. The van der Waals surface area contributed by atoms with Crippen LogP contribution in [0.25, 0.3) is 0 Å². The van der Waals surface area contributed by atoms with Gasteiger partial charge in [-0.25, -0.2) is 8.78 Å². The number of nitrogens with zero attached hydrogens (tertiary/aromatic N) is 2. The zero-order valence-electron chi connectivity index (χ0n) is 13.8. The molecule has 0 aromatic heterocycles. The Kier molecular flexibility index (Phi) is 5.37. The van der Waals surface area contributed by atoms with Crippen molar-refractivity contribution in [2.45, 2.75) is 18.9 Å². The van der Waals surface area contributed by atoms with Gasteiger partial charge in [0.05, 0.1) is 0 Å². The molecular formula is C17H17F2N3O3. The molecule has 6 nitrogen and oxygen atoms in total. The number of anilines is 1. The quantitative estimate of drug-likeness (QED) is 0.639. The molecule has 0 spiro atoms. The average molecular weight is 349 g/mol. The lowest BCUT2D eigenvalue weighted by Gasteiger charge is -2.25. The molecule has 0 saturated carbocycles. The van der Waals surface area contributed by atoms with Crippen LogP contribution in [0.3, 0.4) is 0 Å². The fourth-order valence-corrected chi connectivity index (χ4v) is 2.64. The molecule has 1 saturated heterocycles. The van der Waals surface area contributed by atoms with Crippen LogP contribution in [0, 0.1) is 24.0 Å². The lowest BCUT2D eigenvalue weighted by atomic mass is 10.2. The van der Waals surface area contributed by atoms with Crippen molar-refractivity contribution in [2.24, 2.45) is 0 Å². The maximum absolute atomic E-state index is 13.9. The van der Waals surface area contributed by atoms with Gasteiger partial charge in [0.1, 0.15) is 11.7 Å². The van der Waals surface area contributed by atoms with Crippen molar-refractivity contribution in [1.29, 1.82) is 0 Å². The molecule has 1 atom stereocenters. The van der Waals surface area contributed by atoms with Crippen LogP contribution < -0.4 is 5.32 Å². The molecule has 1 N–H and O–H groups in total. The van der Waals surface area contributed by atoms with E-state index in [0.717, 1.165) is 17.0 Å². The highest BCUT2D eigenvalue weighted by molar-refractivity contribution is 6.40. The second kappa shape index (κ2) is 7.30. The molecule has 3 amide bonds. The summed E-state index contributed by atoms with van der Waals surface area (Å²) in [6, 6.07) is 0.987. The minimum atomic E-state index is -1.22. The van der Waals surface area contributed by atoms with E-state index in [0.29, 0.717) is 12.8 Å². The predicted octanol–water partition coefficient (Wildman–Crippen LogP) is 0.964. The summed E-state index contributed by atoms with van der Waals surface area (Å²) in [5, 5.41) is 1.92. The summed E-state index contributed by atoms with van der Waals surface area (Å²) in [5.41, 5.74) is -0.789. The van der Waals surface area contributed by atoms with Gasteiger partial charge in [0.2, 0.25) is 5.91 Å². The van der Waals surface area contributed by atoms with E-state index in [4.69, 9.17) is 6.42 Å². The number of terminal acetylenes is 1. The Balaban J connectivity index is 2.17. The summed E-state index contributed by atoms with van der Waals surface area (Å²) in [5.74, 6) is -2.64. The number of rotatable bonds is 2. The summed E-state index contributed by atoms with van der Waals surface area (Å²) >= 11 is 0. The van der Waals surface area contributed by atoms with Gasteiger partial charge in [-0.2, -0.15) is 0 Å². The monoisotopic (exact) mass is 349 g/mol. The van der Waals surface area contributed by atoms with Crippen LogP contribution in [-0.4, -0.2) is 54.2 Å². The number of hydrogen-bond donors (Lipinski definition) is 1. The summed E-state index contributed by atoms with van der Waals surface area (Å²) in [6.07, 6.45) is 6.06. The molecule has 2 rings (SSSR count). The molecule has 25 heavy (non-hydrogen) atoms. The minimum absolute atomic E-state index is 0.0319. The molecule has 1 heterocycles. The number of hydrogen-bond acceptors (Lipinski definition) is 3. The van der Waals surface area contributed by atoms with Gasteiger partial charge in [-0.15, -0.1) is 6.42 Å². The molecule has 1 aliphatic rings. The van der Waals surface area contributed by atoms with Crippen molar-refractivity contribution in [3.05, 3.63) is 29.3 Å². The molecule has 132 valence electrons. The Morgan fingerprint density at radius 2 is 1.88 bits per heavy atom. The summed E-state index contributed by atoms with van der Waals surface area (Å²) in [4.78, 5) is 38.9. The van der Waals surface area contributed by atoms with Crippen molar-refractivity contribution >= 4 is 23.4 Å².